The largest absolute Gasteiger partial charge is 0.478 e. The predicted octanol–water partition coefficient (Wildman–Crippen LogP) is 2.45. The molecule has 5 heteroatoms. The lowest BCUT2D eigenvalue weighted by Crippen LogP contribution is -2.26. The van der Waals surface area contributed by atoms with E-state index in [0.29, 0.717) is 5.69 Å². The lowest BCUT2D eigenvalue weighted by Gasteiger charge is -2.11. The first-order chi connectivity index (χ1) is 10.0. The van der Waals surface area contributed by atoms with Crippen LogP contribution in [0.25, 0.3) is 0 Å². The summed E-state index contributed by atoms with van der Waals surface area (Å²) in [5.74, 6) is -1.44. The fourth-order valence-corrected chi connectivity index (χ4v) is 1.71. The van der Waals surface area contributed by atoms with Crippen LogP contribution in [0, 0.1) is 0 Å². The second-order valence-corrected chi connectivity index (χ2v) is 4.18. The van der Waals surface area contributed by atoms with Gasteiger partial charge in [-0.05, 0) is 23.8 Å². The Morgan fingerprint density at radius 1 is 1.33 bits per heavy atom. The van der Waals surface area contributed by atoms with Gasteiger partial charge in [0, 0.05) is 19.3 Å². The van der Waals surface area contributed by atoms with Gasteiger partial charge >= 0.3 is 5.97 Å². The number of carbonyl (C=O) groups excluding carboxylic acids is 1. The zero-order valence-electron chi connectivity index (χ0n) is 11.8. The quantitative estimate of drug-likeness (QED) is 0.673. The van der Waals surface area contributed by atoms with Gasteiger partial charge in [0.1, 0.15) is 0 Å². The number of rotatable bonds is 7. The van der Waals surface area contributed by atoms with Crippen LogP contribution in [0.3, 0.4) is 0 Å². The Bertz CT molecular complexity index is 604. The van der Waals surface area contributed by atoms with Crippen molar-refractivity contribution in [2.24, 2.45) is 0 Å². The lowest BCUT2D eigenvalue weighted by atomic mass is 10.1. The number of carboxylic acid groups (broad SMARTS) is 1. The fraction of sp³-hybridized carbons (Fsp3) is 0.125. The number of aromatic carboxylic acids is 1. The van der Waals surface area contributed by atoms with Crippen LogP contribution in [-0.2, 0) is 0 Å². The minimum Gasteiger partial charge on any atom is -0.478 e. The Kier molecular flexibility index (Phi) is 5.95. The van der Waals surface area contributed by atoms with Crippen molar-refractivity contribution in [3.63, 3.8) is 0 Å². The van der Waals surface area contributed by atoms with E-state index >= 15 is 0 Å². The molecular weight excluding hydrogens is 268 g/mol. The number of hydrogen-bond donors (Lipinski definition) is 3. The third-order valence-electron chi connectivity index (χ3n) is 2.83. The Hall–Kier alpha value is -2.82. The first-order valence-corrected chi connectivity index (χ1v) is 6.30. The van der Waals surface area contributed by atoms with Crippen molar-refractivity contribution >= 4 is 17.6 Å². The first-order valence-electron chi connectivity index (χ1n) is 6.30. The molecule has 0 aliphatic heterocycles. The highest BCUT2D eigenvalue weighted by Gasteiger charge is 2.14. The molecule has 1 amide bonds. The molecule has 0 aliphatic carbocycles. The zero-order valence-corrected chi connectivity index (χ0v) is 11.8. The summed E-state index contributed by atoms with van der Waals surface area (Å²) < 4.78 is 0. The third-order valence-corrected chi connectivity index (χ3v) is 2.83. The van der Waals surface area contributed by atoms with Crippen LogP contribution >= 0.6 is 0 Å². The summed E-state index contributed by atoms with van der Waals surface area (Å²) in [5, 5.41) is 14.6. The number of anilines is 1. The number of amides is 1. The zero-order chi connectivity index (χ0) is 15.8. The predicted molar refractivity (Wildman–Crippen MR) is 83.8 cm³/mol. The molecule has 0 saturated carbocycles. The SMILES string of the molecule is C=C/C=C(\C=C)CNC(=O)c1cc(C(=O)O)ccc1NC. The van der Waals surface area contributed by atoms with E-state index in [1.54, 1.807) is 31.3 Å². The number of allylic oxidation sites excluding steroid dienone is 2. The van der Waals surface area contributed by atoms with Gasteiger partial charge in [0.25, 0.3) is 5.91 Å². The van der Waals surface area contributed by atoms with E-state index in [0.717, 1.165) is 5.57 Å². The number of benzene rings is 1. The highest BCUT2D eigenvalue weighted by Crippen LogP contribution is 2.17. The van der Waals surface area contributed by atoms with Gasteiger partial charge in [-0.3, -0.25) is 4.79 Å². The van der Waals surface area contributed by atoms with Gasteiger partial charge in [0.05, 0.1) is 11.1 Å². The van der Waals surface area contributed by atoms with Crippen molar-refractivity contribution in [1.82, 2.24) is 5.32 Å². The van der Waals surface area contributed by atoms with E-state index in [1.165, 1.54) is 12.1 Å². The summed E-state index contributed by atoms with van der Waals surface area (Å²) in [4.78, 5) is 23.2. The molecule has 0 atom stereocenters. The normalized spacial score (nSPS) is 10.6. The molecule has 0 spiro atoms. The molecule has 110 valence electrons. The van der Waals surface area contributed by atoms with Gasteiger partial charge in [0.2, 0.25) is 0 Å². The third kappa shape index (κ3) is 4.35. The van der Waals surface area contributed by atoms with Crippen molar-refractivity contribution in [3.8, 4) is 0 Å². The van der Waals surface area contributed by atoms with Crippen LogP contribution in [0.2, 0.25) is 0 Å². The maximum absolute atomic E-state index is 12.2. The molecule has 0 unspecified atom stereocenters. The standard InChI is InChI=1S/C16H18N2O3/c1-4-6-11(5-2)10-18-15(19)13-9-12(16(20)21)7-8-14(13)17-3/h4-9,17H,1-2,10H2,3H3,(H,18,19)(H,20,21)/b11-6+. The molecule has 0 radical (unpaired) electrons. The van der Waals surface area contributed by atoms with E-state index in [-0.39, 0.29) is 23.6 Å². The van der Waals surface area contributed by atoms with E-state index in [2.05, 4.69) is 23.8 Å². The Labute approximate surface area is 123 Å². The van der Waals surface area contributed by atoms with E-state index in [1.807, 2.05) is 0 Å². The summed E-state index contributed by atoms with van der Waals surface area (Å²) in [5.41, 5.74) is 1.70. The van der Waals surface area contributed by atoms with Crippen molar-refractivity contribution in [3.05, 3.63) is 66.3 Å². The van der Waals surface area contributed by atoms with Crippen molar-refractivity contribution in [1.29, 1.82) is 0 Å². The van der Waals surface area contributed by atoms with Crippen LogP contribution in [0.15, 0.2) is 55.2 Å². The summed E-state index contributed by atoms with van der Waals surface area (Å²) >= 11 is 0. The smallest absolute Gasteiger partial charge is 0.335 e. The fourth-order valence-electron chi connectivity index (χ4n) is 1.71. The molecule has 0 bridgehead atoms. The maximum Gasteiger partial charge on any atom is 0.335 e. The van der Waals surface area contributed by atoms with Crippen LogP contribution in [-0.4, -0.2) is 30.6 Å². The monoisotopic (exact) mass is 286 g/mol. The van der Waals surface area contributed by atoms with Gasteiger partial charge in [0.15, 0.2) is 0 Å². The Morgan fingerprint density at radius 3 is 2.57 bits per heavy atom. The summed E-state index contributed by atoms with van der Waals surface area (Å²) in [7, 11) is 1.67. The number of nitrogens with one attached hydrogen (secondary N) is 2. The number of hydrogen-bond acceptors (Lipinski definition) is 3. The highest BCUT2D eigenvalue weighted by molar-refractivity contribution is 6.02. The molecule has 0 saturated heterocycles. The van der Waals surface area contributed by atoms with Crippen molar-refractivity contribution in [2.45, 2.75) is 0 Å². The summed E-state index contributed by atoms with van der Waals surface area (Å²) in [6.45, 7) is 7.51. The Morgan fingerprint density at radius 2 is 2.05 bits per heavy atom. The molecule has 3 N–H and O–H groups in total. The topological polar surface area (TPSA) is 78.4 Å². The van der Waals surface area contributed by atoms with Gasteiger partial charge in [-0.15, -0.1) is 0 Å². The van der Waals surface area contributed by atoms with Crippen LogP contribution in [0.1, 0.15) is 20.7 Å². The van der Waals surface area contributed by atoms with Crippen LogP contribution in [0.4, 0.5) is 5.69 Å². The van der Waals surface area contributed by atoms with Crippen LogP contribution < -0.4 is 10.6 Å². The van der Waals surface area contributed by atoms with E-state index in [4.69, 9.17) is 5.11 Å². The number of carboxylic acids is 1. The van der Waals surface area contributed by atoms with Gasteiger partial charge in [-0.25, -0.2) is 4.79 Å². The average molecular weight is 286 g/mol. The molecule has 1 rings (SSSR count). The summed E-state index contributed by atoms with van der Waals surface area (Å²) in [6, 6.07) is 4.35. The molecule has 0 heterocycles. The average Bonchev–Trinajstić information content (AvgIpc) is 2.50. The van der Waals surface area contributed by atoms with Crippen LogP contribution in [0.5, 0.6) is 0 Å². The molecule has 1 aromatic rings. The van der Waals surface area contributed by atoms with Gasteiger partial charge < -0.3 is 15.7 Å². The second kappa shape index (κ2) is 7.69. The van der Waals surface area contributed by atoms with E-state index in [9.17, 15) is 9.59 Å². The van der Waals surface area contributed by atoms with Crippen molar-refractivity contribution in [2.75, 3.05) is 18.9 Å². The van der Waals surface area contributed by atoms with E-state index < -0.39 is 5.97 Å². The molecule has 21 heavy (non-hydrogen) atoms. The maximum atomic E-state index is 12.2. The second-order valence-electron chi connectivity index (χ2n) is 4.18. The molecule has 0 fully saturated rings. The Balaban J connectivity index is 2.97. The number of carbonyl (C=O) groups is 2. The van der Waals surface area contributed by atoms with Gasteiger partial charge in [-0.1, -0.05) is 31.4 Å². The molecule has 1 aromatic carbocycles. The lowest BCUT2D eigenvalue weighted by molar-refractivity contribution is 0.0697. The molecule has 5 nitrogen and oxygen atoms in total. The minimum atomic E-state index is -1.08. The first kappa shape index (κ1) is 16.2. The van der Waals surface area contributed by atoms with Crippen molar-refractivity contribution < 1.29 is 14.7 Å². The minimum absolute atomic E-state index is 0.0599. The molecule has 0 aliphatic rings. The summed E-state index contributed by atoms with van der Waals surface area (Å²) in [6.07, 6.45) is 4.96. The highest BCUT2D eigenvalue weighted by atomic mass is 16.4. The van der Waals surface area contributed by atoms with Gasteiger partial charge in [-0.2, -0.15) is 0 Å². The molecular formula is C16H18N2O3. The molecule has 0 aromatic heterocycles.